The van der Waals surface area contributed by atoms with Crippen molar-refractivity contribution in [2.45, 2.75) is 37.7 Å². The van der Waals surface area contributed by atoms with Crippen LogP contribution in [0.2, 0.25) is 0 Å². The molecule has 0 saturated heterocycles. The lowest BCUT2D eigenvalue weighted by molar-refractivity contribution is -0.139. The molecule has 0 N–H and O–H groups in total. The summed E-state index contributed by atoms with van der Waals surface area (Å²) in [5.41, 5.74) is 0.960. The van der Waals surface area contributed by atoms with Crippen molar-refractivity contribution in [1.82, 2.24) is 14.8 Å². The van der Waals surface area contributed by atoms with Gasteiger partial charge in [-0.3, -0.25) is 4.79 Å². The summed E-state index contributed by atoms with van der Waals surface area (Å²) in [6.45, 7) is 6.84. The second-order valence-electron chi connectivity index (χ2n) is 5.82. The standard InChI is InChI=1S/C17H23N3O3S/c1-11(2)10-20-15(13-6-8-14(22-4)9-7-13)18-19-17(20)24-12(3)16(21)23-5/h6-9,11-12H,10H2,1-5H3/t12-/m0/s1. The number of methoxy groups -OCH3 is 2. The third kappa shape index (κ3) is 4.29. The van der Waals surface area contributed by atoms with E-state index in [4.69, 9.17) is 9.47 Å². The summed E-state index contributed by atoms with van der Waals surface area (Å²) in [4.78, 5) is 11.7. The lowest BCUT2D eigenvalue weighted by Gasteiger charge is -2.14. The zero-order valence-electron chi connectivity index (χ0n) is 14.6. The van der Waals surface area contributed by atoms with Gasteiger partial charge in [0.15, 0.2) is 11.0 Å². The van der Waals surface area contributed by atoms with Crippen LogP contribution in [0.3, 0.4) is 0 Å². The zero-order valence-corrected chi connectivity index (χ0v) is 15.5. The molecule has 0 fully saturated rings. The molecule has 0 amide bonds. The lowest BCUT2D eigenvalue weighted by Crippen LogP contribution is -2.16. The molecule has 1 atom stereocenters. The molecule has 0 unspecified atom stereocenters. The molecule has 0 saturated carbocycles. The van der Waals surface area contributed by atoms with Crippen LogP contribution in [0.15, 0.2) is 29.4 Å². The first-order valence-electron chi connectivity index (χ1n) is 7.78. The SMILES string of the molecule is COC(=O)[C@H](C)Sc1nnc(-c2ccc(OC)cc2)n1CC(C)C. The van der Waals surface area contributed by atoms with Gasteiger partial charge in [-0.25, -0.2) is 0 Å². The summed E-state index contributed by atoms with van der Waals surface area (Å²) >= 11 is 1.36. The highest BCUT2D eigenvalue weighted by Crippen LogP contribution is 2.29. The topological polar surface area (TPSA) is 66.2 Å². The number of benzene rings is 1. The fraction of sp³-hybridized carbons (Fsp3) is 0.471. The maximum absolute atomic E-state index is 11.7. The highest BCUT2D eigenvalue weighted by Gasteiger charge is 2.21. The van der Waals surface area contributed by atoms with Gasteiger partial charge < -0.3 is 14.0 Å². The number of hydrogen-bond acceptors (Lipinski definition) is 6. The van der Waals surface area contributed by atoms with Gasteiger partial charge in [-0.2, -0.15) is 0 Å². The molecule has 0 radical (unpaired) electrons. The van der Waals surface area contributed by atoms with Crippen LogP contribution in [0.4, 0.5) is 0 Å². The molecule has 0 aliphatic carbocycles. The number of thioether (sulfide) groups is 1. The maximum Gasteiger partial charge on any atom is 0.318 e. The van der Waals surface area contributed by atoms with Crippen LogP contribution in [0.1, 0.15) is 20.8 Å². The quantitative estimate of drug-likeness (QED) is 0.565. The van der Waals surface area contributed by atoms with Crippen molar-refractivity contribution < 1.29 is 14.3 Å². The summed E-state index contributed by atoms with van der Waals surface area (Å²) in [6.07, 6.45) is 0. The van der Waals surface area contributed by atoms with E-state index in [2.05, 4.69) is 28.6 Å². The molecule has 2 rings (SSSR count). The minimum atomic E-state index is -0.339. The molecular formula is C17H23N3O3S. The smallest absolute Gasteiger partial charge is 0.318 e. The highest BCUT2D eigenvalue weighted by atomic mass is 32.2. The van der Waals surface area contributed by atoms with Gasteiger partial charge in [0, 0.05) is 12.1 Å². The van der Waals surface area contributed by atoms with Gasteiger partial charge in [0.05, 0.1) is 14.2 Å². The Kier molecular flexibility index (Phi) is 6.25. The molecule has 1 heterocycles. The molecule has 0 bridgehead atoms. The molecule has 130 valence electrons. The number of rotatable bonds is 7. The molecule has 2 aromatic rings. The second kappa shape index (κ2) is 8.19. The Labute approximate surface area is 146 Å². The third-order valence-corrected chi connectivity index (χ3v) is 4.49. The normalized spacial score (nSPS) is 12.2. The van der Waals surface area contributed by atoms with Gasteiger partial charge >= 0.3 is 5.97 Å². The minimum absolute atomic E-state index is 0.273. The van der Waals surface area contributed by atoms with Gasteiger partial charge in [-0.15, -0.1) is 10.2 Å². The number of esters is 1. The Hall–Kier alpha value is -2.02. The van der Waals surface area contributed by atoms with E-state index >= 15 is 0 Å². The van der Waals surface area contributed by atoms with E-state index in [0.717, 1.165) is 23.7 Å². The van der Waals surface area contributed by atoms with E-state index in [1.165, 1.54) is 18.9 Å². The molecule has 7 heteroatoms. The highest BCUT2D eigenvalue weighted by molar-refractivity contribution is 8.00. The number of carbonyl (C=O) groups is 1. The Morgan fingerprint density at radius 2 is 1.83 bits per heavy atom. The lowest BCUT2D eigenvalue weighted by atomic mass is 10.2. The number of nitrogens with zero attached hydrogens (tertiary/aromatic N) is 3. The Morgan fingerprint density at radius 3 is 2.38 bits per heavy atom. The van der Waals surface area contributed by atoms with E-state index in [-0.39, 0.29) is 11.2 Å². The minimum Gasteiger partial charge on any atom is -0.497 e. The molecule has 0 aliphatic rings. The van der Waals surface area contributed by atoms with E-state index in [9.17, 15) is 4.79 Å². The van der Waals surface area contributed by atoms with Crippen LogP contribution in [0, 0.1) is 5.92 Å². The predicted molar refractivity (Wildman–Crippen MR) is 94.2 cm³/mol. The van der Waals surface area contributed by atoms with Crippen molar-refractivity contribution in [3.05, 3.63) is 24.3 Å². The van der Waals surface area contributed by atoms with Crippen LogP contribution in [0.5, 0.6) is 5.75 Å². The fourth-order valence-electron chi connectivity index (χ4n) is 2.23. The van der Waals surface area contributed by atoms with Crippen molar-refractivity contribution in [2.24, 2.45) is 5.92 Å². The predicted octanol–water partition coefficient (Wildman–Crippen LogP) is 3.26. The fourth-order valence-corrected chi connectivity index (χ4v) is 3.12. The first kappa shape index (κ1) is 18.3. The molecule has 24 heavy (non-hydrogen) atoms. The van der Waals surface area contributed by atoms with Crippen molar-refractivity contribution in [3.8, 4) is 17.1 Å². The van der Waals surface area contributed by atoms with Crippen LogP contribution in [0.25, 0.3) is 11.4 Å². The first-order valence-corrected chi connectivity index (χ1v) is 8.66. The second-order valence-corrected chi connectivity index (χ2v) is 7.13. The molecule has 0 aliphatic heterocycles. The van der Waals surface area contributed by atoms with Crippen molar-refractivity contribution in [3.63, 3.8) is 0 Å². The average Bonchev–Trinajstić information content (AvgIpc) is 2.95. The van der Waals surface area contributed by atoms with Gasteiger partial charge in [0.25, 0.3) is 0 Å². The summed E-state index contributed by atoms with van der Waals surface area (Å²) in [5, 5.41) is 8.99. The van der Waals surface area contributed by atoms with Crippen LogP contribution >= 0.6 is 11.8 Å². The molecule has 0 spiro atoms. The number of ether oxygens (including phenoxy) is 2. The Bertz CT molecular complexity index is 683. The largest absolute Gasteiger partial charge is 0.497 e. The summed E-state index contributed by atoms with van der Waals surface area (Å²) in [7, 11) is 3.03. The van der Waals surface area contributed by atoms with E-state index in [1.54, 1.807) is 14.0 Å². The van der Waals surface area contributed by atoms with Crippen LogP contribution in [-0.4, -0.2) is 40.2 Å². The van der Waals surface area contributed by atoms with Crippen molar-refractivity contribution in [1.29, 1.82) is 0 Å². The average molecular weight is 349 g/mol. The number of hydrogen-bond donors (Lipinski definition) is 0. The third-order valence-electron chi connectivity index (χ3n) is 3.43. The van der Waals surface area contributed by atoms with Gasteiger partial charge in [0.1, 0.15) is 11.0 Å². The molecular weight excluding hydrogens is 326 g/mol. The van der Waals surface area contributed by atoms with Crippen molar-refractivity contribution >= 4 is 17.7 Å². The molecule has 1 aromatic carbocycles. The van der Waals surface area contributed by atoms with Crippen LogP contribution < -0.4 is 4.74 Å². The van der Waals surface area contributed by atoms with Gasteiger partial charge in [-0.05, 0) is 37.1 Å². The first-order chi connectivity index (χ1) is 11.5. The summed E-state index contributed by atoms with van der Waals surface area (Å²) in [5.74, 6) is 1.73. The van der Waals surface area contributed by atoms with E-state index in [0.29, 0.717) is 11.1 Å². The Morgan fingerprint density at radius 1 is 1.17 bits per heavy atom. The molecule has 1 aromatic heterocycles. The molecule has 6 nitrogen and oxygen atoms in total. The number of carbonyl (C=O) groups excluding carboxylic acids is 1. The zero-order chi connectivity index (χ0) is 17.7. The van der Waals surface area contributed by atoms with Crippen molar-refractivity contribution in [2.75, 3.05) is 14.2 Å². The number of aromatic nitrogens is 3. The maximum atomic E-state index is 11.7. The Balaban J connectivity index is 2.35. The summed E-state index contributed by atoms with van der Waals surface area (Å²) < 4.78 is 12.0. The van der Waals surface area contributed by atoms with E-state index < -0.39 is 0 Å². The van der Waals surface area contributed by atoms with Crippen LogP contribution in [-0.2, 0) is 16.1 Å². The summed E-state index contributed by atoms with van der Waals surface area (Å²) in [6, 6.07) is 7.71. The monoisotopic (exact) mass is 349 g/mol. The van der Waals surface area contributed by atoms with Gasteiger partial charge in [-0.1, -0.05) is 25.6 Å². The van der Waals surface area contributed by atoms with E-state index in [1.807, 2.05) is 24.3 Å². The van der Waals surface area contributed by atoms with Gasteiger partial charge in [0.2, 0.25) is 0 Å².